The molecule has 1 fully saturated rings. The lowest BCUT2D eigenvalue weighted by Gasteiger charge is -2.32. The van der Waals surface area contributed by atoms with Crippen molar-refractivity contribution in [2.75, 3.05) is 19.8 Å². The van der Waals surface area contributed by atoms with E-state index in [1.165, 1.54) is 5.57 Å². The number of rotatable bonds is 8. The molecule has 1 amide bonds. The molecule has 0 radical (unpaired) electrons. The Hall–Kier alpha value is -1.66. The standard InChI is InChI=1S/C17H27N3O3/c1-14(2)5-11-23-16-12-22-10-6-15(16)19-17(21)4-3-8-20-9-7-18-13-20/h5,7,9,13,15-16H,3-4,6,8,10-12H2,1-2H3,(H,19,21)/t15-,16-/m1/s1. The van der Waals surface area contributed by atoms with Crippen LogP contribution in [0.2, 0.25) is 0 Å². The van der Waals surface area contributed by atoms with E-state index in [0.717, 1.165) is 19.4 Å². The highest BCUT2D eigenvalue weighted by atomic mass is 16.5. The van der Waals surface area contributed by atoms with Gasteiger partial charge in [-0.15, -0.1) is 0 Å². The number of aromatic nitrogens is 2. The van der Waals surface area contributed by atoms with Crippen LogP contribution in [-0.2, 0) is 20.8 Å². The van der Waals surface area contributed by atoms with Crippen molar-refractivity contribution in [1.82, 2.24) is 14.9 Å². The lowest BCUT2D eigenvalue weighted by molar-refractivity contribution is -0.125. The molecule has 0 aliphatic carbocycles. The summed E-state index contributed by atoms with van der Waals surface area (Å²) in [6, 6.07) is 0.0371. The van der Waals surface area contributed by atoms with Crippen LogP contribution in [0.1, 0.15) is 33.1 Å². The van der Waals surface area contributed by atoms with Crippen LogP contribution in [0.3, 0.4) is 0 Å². The maximum Gasteiger partial charge on any atom is 0.220 e. The van der Waals surface area contributed by atoms with E-state index in [0.29, 0.717) is 26.2 Å². The Morgan fingerprint density at radius 3 is 3.13 bits per heavy atom. The zero-order chi connectivity index (χ0) is 16.5. The first kappa shape index (κ1) is 17.7. The van der Waals surface area contributed by atoms with Gasteiger partial charge in [-0.05, 0) is 26.7 Å². The molecule has 2 atom stereocenters. The topological polar surface area (TPSA) is 65.4 Å². The van der Waals surface area contributed by atoms with Crippen molar-refractivity contribution in [3.05, 3.63) is 30.4 Å². The summed E-state index contributed by atoms with van der Waals surface area (Å²) in [5, 5.41) is 3.10. The molecule has 0 unspecified atom stereocenters. The number of ether oxygens (including phenoxy) is 2. The molecular weight excluding hydrogens is 294 g/mol. The second-order valence-electron chi connectivity index (χ2n) is 6.09. The van der Waals surface area contributed by atoms with E-state index in [2.05, 4.69) is 10.3 Å². The molecule has 1 aromatic rings. The van der Waals surface area contributed by atoms with Gasteiger partial charge in [0.15, 0.2) is 0 Å². The molecule has 6 nitrogen and oxygen atoms in total. The summed E-state index contributed by atoms with van der Waals surface area (Å²) in [5.74, 6) is 0.0767. The third-order valence-electron chi connectivity index (χ3n) is 3.83. The average Bonchev–Trinajstić information content (AvgIpc) is 3.02. The number of allylic oxidation sites excluding steroid dienone is 1. The Labute approximate surface area is 137 Å². The number of nitrogens with zero attached hydrogens (tertiary/aromatic N) is 2. The monoisotopic (exact) mass is 321 g/mol. The van der Waals surface area contributed by atoms with E-state index in [1.807, 2.05) is 30.7 Å². The van der Waals surface area contributed by atoms with Crippen LogP contribution in [0.25, 0.3) is 0 Å². The fourth-order valence-electron chi connectivity index (χ4n) is 2.50. The quantitative estimate of drug-likeness (QED) is 0.743. The SMILES string of the molecule is CC(C)=CCO[C@@H]1COCC[C@H]1NC(=O)CCCn1ccnc1. The van der Waals surface area contributed by atoms with Crippen LogP contribution < -0.4 is 5.32 Å². The first-order valence-corrected chi connectivity index (χ1v) is 8.23. The first-order chi connectivity index (χ1) is 11.1. The minimum absolute atomic E-state index is 0.0371. The number of hydrogen-bond acceptors (Lipinski definition) is 4. The van der Waals surface area contributed by atoms with Crippen molar-refractivity contribution in [1.29, 1.82) is 0 Å². The van der Waals surface area contributed by atoms with Crippen LogP contribution in [0.5, 0.6) is 0 Å². The average molecular weight is 321 g/mol. The highest BCUT2D eigenvalue weighted by molar-refractivity contribution is 5.76. The molecule has 0 bridgehead atoms. The number of amides is 1. The van der Waals surface area contributed by atoms with Crippen molar-refractivity contribution >= 4 is 5.91 Å². The predicted molar refractivity (Wildman–Crippen MR) is 88.0 cm³/mol. The Morgan fingerprint density at radius 1 is 1.52 bits per heavy atom. The molecular formula is C17H27N3O3. The van der Waals surface area contributed by atoms with Gasteiger partial charge in [0.1, 0.15) is 6.10 Å². The highest BCUT2D eigenvalue weighted by Gasteiger charge is 2.27. The maximum absolute atomic E-state index is 12.1. The second-order valence-corrected chi connectivity index (χ2v) is 6.09. The number of carbonyl (C=O) groups excluding carboxylic acids is 1. The van der Waals surface area contributed by atoms with E-state index in [1.54, 1.807) is 12.5 Å². The summed E-state index contributed by atoms with van der Waals surface area (Å²) in [7, 11) is 0. The fourth-order valence-corrected chi connectivity index (χ4v) is 2.50. The summed E-state index contributed by atoms with van der Waals surface area (Å²) in [6.45, 7) is 6.66. The van der Waals surface area contributed by atoms with Gasteiger partial charge in [0.05, 0.1) is 25.6 Å². The van der Waals surface area contributed by atoms with Crippen molar-refractivity contribution in [2.45, 2.75) is 51.8 Å². The largest absolute Gasteiger partial charge is 0.379 e. The molecule has 6 heteroatoms. The van der Waals surface area contributed by atoms with E-state index in [-0.39, 0.29) is 18.1 Å². The molecule has 2 rings (SSSR count). The van der Waals surface area contributed by atoms with Crippen molar-refractivity contribution in [3.8, 4) is 0 Å². The zero-order valence-electron chi connectivity index (χ0n) is 14.0. The molecule has 1 aliphatic rings. The minimum atomic E-state index is -0.0723. The van der Waals surface area contributed by atoms with E-state index < -0.39 is 0 Å². The lowest BCUT2D eigenvalue weighted by Crippen LogP contribution is -2.50. The van der Waals surface area contributed by atoms with E-state index in [4.69, 9.17) is 9.47 Å². The molecule has 1 aliphatic heterocycles. The van der Waals surface area contributed by atoms with Gasteiger partial charge < -0.3 is 19.4 Å². The summed E-state index contributed by atoms with van der Waals surface area (Å²) in [5.41, 5.74) is 1.22. The Kier molecular flexibility index (Phi) is 7.29. The third kappa shape index (κ3) is 6.54. The molecule has 1 saturated heterocycles. The third-order valence-corrected chi connectivity index (χ3v) is 3.83. The number of hydrogen-bond donors (Lipinski definition) is 1. The molecule has 128 valence electrons. The van der Waals surface area contributed by atoms with Gasteiger partial charge in [0.2, 0.25) is 5.91 Å². The van der Waals surface area contributed by atoms with Gasteiger partial charge in [0.25, 0.3) is 0 Å². The Balaban J connectivity index is 1.71. The summed E-state index contributed by atoms with van der Waals surface area (Å²) < 4.78 is 13.3. The van der Waals surface area contributed by atoms with Crippen LogP contribution in [-0.4, -0.2) is 47.4 Å². The molecule has 0 saturated carbocycles. The van der Waals surface area contributed by atoms with Gasteiger partial charge in [-0.25, -0.2) is 4.98 Å². The predicted octanol–water partition coefficient (Wildman–Crippen LogP) is 1.92. The first-order valence-electron chi connectivity index (χ1n) is 8.23. The lowest BCUT2D eigenvalue weighted by atomic mass is 10.1. The van der Waals surface area contributed by atoms with Crippen LogP contribution in [0.15, 0.2) is 30.4 Å². The van der Waals surface area contributed by atoms with E-state index in [9.17, 15) is 4.79 Å². The maximum atomic E-state index is 12.1. The van der Waals surface area contributed by atoms with Crippen molar-refractivity contribution < 1.29 is 14.3 Å². The van der Waals surface area contributed by atoms with E-state index >= 15 is 0 Å². The van der Waals surface area contributed by atoms with Gasteiger partial charge in [-0.2, -0.15) is 0 Å². The van der Waals surface area contributed by atoms with Gasteiger partial charge in [-0.1, -0.05) is 11.6 Å². The molecule has 1 aromatic heterocycles. The van der Waals surface area contributed by atoms with Crippen molar-refractivity contribution in [2.24, 2.45) is 0 Å². The molecule has 23 heavy (non-hydrogen) atoms. The Bertz CT molecular complexity index is 495. The summed E-state index contributed by atoms with van der Waals surface area (Å²) in [6.07, 6.45) is 9.50. The second kappa shape index (κ2) is 9.47. The number of aryl methyl sites for hydroxylation is 1. The smallest absolute Gasteiger partial charge is 0.220 e. The van der Waals surface area contributed by atoms with Crippen LogP contribution >= 0.6 is 0 Å². The van der Waals surface area contributed by atoms with Crippen molar-refractivity contribution in [3.63, 3.8) is 0 Å². The summed E-state index contributed by atoms with van der Waals surface area (Å²) in [4.78, 5) is 16.1. The van der Waals surface area contributed by atoms with Crippen LogP contribution in [0, 0.1) is 0 Å². The van der Waals surface area contributed by atoms with Gasteiger partial charge in [0, 0.05) is 32.0 Å². The number of nitrogens with one attached hydrogen (secondary N) is 1. The zero-order valence-corrected chi connectivity index (χ0v) is 14.0. The summed E-state index contributed by atoms with van der Waals surface area (Å²) >= 11 is 0. The van der Waals surface area contributed by atoms with Crippen LogP contribution in [0.4, 0.5) is 0 Å². The minimum Gasteiger partial charge on any atom is -0.379 e. The Morgan fingerprint density at radius 2 is 2.39 bits per heavy atom. The number of imidazole rings is 1. The normalized spacial score (nSPS) is 21.0. The molecule has 0 aromatic carbocycles. The molecule has 1 N–H and O–H groups in total. The van der Waals surface area contributed by atoms with Gasteiger partial charge in [-0.3, -0.25) is 4.79 Å². The fraction of sp³-hybridized carbons (Fsp3) is 0.647. The molecule has 0 spiro atoms. The highest BCUT2D eigenvalue weighted by Crippen LogP contribution is 2.12. The molecule has 2 heterocycles. The number of carbonyl (C=O) groups is 1. The van der Waals surface area contributed by atoms with Gasteiger partial charge >= 0.3 is 0 Å².